The molecule has 0 unspecified atom stereocenters. The molecule has 2 aliphatic rings. The molecule has 2 aromatic rings. The summed E-state index contributed by atoms with van der Waals surface area (Å²) >= 11 is 5.92. The van der Waals surface area contributed by atoms with Gasteiger partial charge in [0.2, 0.25) is 0 Å². The van der Waals surface area contributed by atoms with Gasteiger partial charge in [0.25, 0.3) is 5.91 Å². The zero-order valence-electron chi connectivity index (χ0n) is 17.4. The topological polar surface area (TPSA) is 78.9 Å². The van der Waals surface area contributed by atoms with Gasteiger partial charge in [0, 0.05) is 17.3 Å². The van der Waals surface area contributed by atoms with Crippen LogP contribution in [0.4, 0.5) is 15.8 Å². The molecule has 0 bridgehead atoms. The lowest BCUT2D eigenvalue weighted by atomic mass is 10.1. The Morgan fingerprint density at radius 1 is 1.22 bits per heavy atom. The summed E-state index contributed by atoms with van der Waals surface area (Å²) in [4.78, 5) is 26.7. The summed E-state index contributed by atoms with van der Waals surface area (Å²) in [7, 11) is 0. The Morgan fingerprint density at radius 2 is 1.97 bits per heavy atom. The van der Waals surface area contributed by atoms with Gasteiger partial charge < -0.3 is 20.1 Å². The van der Waals surface area contributed by atoms with Crippen molar-refractivity contribution in [2.75, 3.05) is 23.3 Å². The van der Waals surface area contributed by atoms with Crippen molar-refractivity contribution in [3.8, 4) is 5.75 Å². The summed E-state index contributed by atoms with van der Waals surface area (Å²) < 4.78 is 19.6. The van der Waals surface area contributed by atoms with Crippen LogP contribution in [-0.4, -0.2) is 36.2 Å². The van der Waals surface area contributed by atoms with Gasteiger partial charge in [-0.05, 0) is 67.3 Å². The molecular weight excluding hydrogens is 435 g/mol. The maximum Gasteiger partial charge on any atom is 0.337 e. The standard InChI is InChI=1S/C24H24ClFN2O4/c25-16-5-8-19(9-6-16)32-22(12-15-3-4-15)23(29)27-21-10-7-18(13-20(21)24(30)31)28-11-1-2-17(26)14-28/h2,5-10,13,15,22H,1,3-4,11-12,14H2,(H,27,29)(H,30,31)/t22-/m0/s1. The van der Waals surface area contributed by atoms with Crippen LogP contribution >= 0.6 is 11.6 Å². The van der Waals surface area contributed by atoms with E-state index in [4.69, 9.17) is 16.3 Å². The van der Waals surface area contributed by atoms with Gasteiger partial charge in [0.15, 0.2) is 6.10 Å². The quantitative estimate of drug-likeness (QED) is 0.562. The van der Waals surface area contributed by atoms with E-state index in [0.717, 1.165) is 12.8 Å². The Labute approximate surface area is 190 Å². The number of carbonyl (C=O) groups excluding carboxylic acids is 1. The number of hydrogen-bond donors (Lipinski definition) is 2. The minimum Gasteiger partial charge on any atom is -0.481 e. The molecule has 6 nitrogen and oxygen atoms in total. The lowest BCUT2D eigenvalue weighted by Gasteiger charge is -2.27. The highest BCUT2D eigenvalue weighted by Crippen LogP contribution is 2.35. The molecule has 1 heterocycles. The van der Waals surface area contributed by atoms with Gasteiger partial charge in [0.1, 0.15) is 11.6 Å². The van der Waals surface area contributed by atoms with Crippen LogP contribution in [0.15, 0.2) is 54.4 Å². The van der Waals surface area contributed by atoms with E-state index in [0.29, 0.717) is 41.8 Å². The number of nitrogens with one attached hydrogen (secondary N) is 1. The molecule has 2 aromatic carbocycles. The number of aromatic carboxylic acids is 1. The molecule has 1 atom stereocenters. The van der Waals surface area contributed by atoms with Crippen molar-refractivity contribution in [1.82, 2.24) is 0 Å². The third-order valence-corrected chi connectivity index (χ3v) is 5.84. The Hall–Kier alpha value is -3.06. The molecule has 8 heteroatoms. The van der Waals surface area contributed by atoms with Crippen LogP contribution in [0.1, 0.15) is 36.0 Å². The number of amides is 1. The molecule has 1 fully saturated rings. The second kappa shape index (κ2) is 9.61. The maximum atomic E-state index is 13.7. The fourth-order valence-electron chi connectivity index (χ4n) is 3.69. The van der Waals surface area contributed by atoms with Gasteiger partial charge in [-0.2, -0.15) is 0 Å². The summed E-state index contributed by atoms with van der Waals surface area (Å²) in [6, 6.07) is 11.5. The molecule has 1 aliphatic heterocycles. The van der Waals surface area contributed by atoms with Gasteiger partial charge in [-0.15, -0.1) is 0 Å². The maximum absolute atomic E-state index is 13.7. The molecule has 0 saturated heterocycles. The van der Waals surface area contributed by atoms with E-state index < -0.39 is 18.0 Å². The number of carboxylic acid groups (broad SMARTS) is 1. The summed E-state index contributed by atoms with van der Waals surface area (Å²) in [5, 5.41) is 13.0. The highest BCUT2D eigenvalue weighted by atomic mass is 35.5. The number of halogens is 2. The summed E-state index contributed by atoms with van der Waals surface area (Å²) in [6.45, 7) is 0.694. The Morgan fingerprint density at radius 3 is 2.62 bits per heavy atom. The van der Waals surface area contributed by atoms with E-state index in [9.17, 15) is 19.1 Å². The first-order valence-electron chi connectivity index (χ1n) is 10.6. The van der Waals surface area contributed by atoms with Crippen LogP contribution in [0.5, 0.6) is 5.75 Å². The predicted octanol–water partition coefficient (Wildman–Crippen LogP) is 5.29. The molecule has 0 radical (unpaired) electrons. The zero-order chi connectivity index (χ0) is 22.7. The number of rotatable bonds is 8. The third kappa shape index (κ3) is 5.59. The molecule has 0 aromatic heterocycles. The lowest BCUT2D eigenvalue weighted by Crippen LogP contribution is -2.34. The molecule has 0 spiro atoms. The second-order valence-electron chi connectivity index (χ2n) is 8.12. The van der Waals surface area contributed by atoms with Crippen molar-refractivity contribution in [2.24, 2.45) is 5.92 Å². The number of carboxylic acids is 1. The van der Waals surface area contributed by atoms with Crippen LogP contribution in [0, 0.1) is 5.92 Å². The minimum atomic E-state index is -1.17. The Kier molecular flexibility index (Phi) is 6.65. The fourth-order valence-corrected chi connectivity index (χ4v) is 3.82. The zero-order valence-corrected chi connectivity index (χ0v) is 18.1. The van der Waals surface area contributed by atoms with Crippen molar-refractivity contribution >= 4 is 34.9 Å². The van der Waals surface area contributed by atoms with Crippen molar-refractivity contribution in [1.29, 1.82) is 0 Å². The van der Waals surface area contributed by atoms with Crippen molar-refractivity contribution < 1.29 is 23.8 Å². The van der Waals surface area contributed by atoms with Crippen LogP contribution < -0.4 is 15.0 Å². The first-order chi connectivity index (χ1) is 15.4. The van der Waals surface area contributed by atoms with E-state index in [1.807, 2.05) is 0 Å². The van der Waals surface area contributed by atoms with E-state index in [1.54, 1.807) is 41.3 Å². The van der Waals surface area contributed by atoms with Crippen molar-refractivity contribution in [3.63, 3.8) is 0 Å². The molecule has 2 N–H and O–H groups in total. The Bertz CT molecular complexity index is 1040. The monoisotopic (exact) mass is 458 g/mol. The second-order valence-corrected chi connectivity index (χ2v) is 8.56. The molecule has 1 saturated carbocycles. The van der Waals surface area contributed by atoms with E-state index in [1.165, 1.54) is 12.1 Å². The fraction of sp³-hybridized carbons (Fsp3) is 0.333. The third-order valence-electron chi connectivity index (χ3n) is 5.59. The normalized spacial score (nSPS) is 16.8. The minimum absolute atomic E-state index is 0.0533. The summed E-state index contributed by atoms with van der Waals surface area (Å²) in [6.07, 6.45) is 3.97. The van der Waals surface area contributed by atoms with E-state index in [-0.39, 0.29) is 23.6 Å². The molecule has 4 rings (SSSR count). The first-order valence-corrected chi connectivity index (χ1v) is 11.0. The van der Waals surface area contributed by atoms with Crippen molar-refractivity contribution in [2.45, 2.75) is 31.8 Å². The predicted molar refractivity (Wildman–Crippen MR) is 121 cm³/mol. The molecular formula is C24H24ClFN2O4. The number of carbonyl (C=O) groups is 2. The smallest absolute Gasteiger partial charge is 0.337 e. The van der Waals surface area contributed by atoms with Crippen LogP contribution in [0.3, 0.4) is 0 Å². The summed E-state index contributed by atoms with van der Waals surface area (Å²) in [5.74, 6) is -0.889. The highest BCUT2D eigenvalue weighted by Gasteiger charge is 2.31. The van der Waals surface area contributed by atoms with E-state index in [2.05, 4.69) is 5.32 Å². The summed E-state index contributed by atoms with van der Waals surface area (Å²) in [5.41, 5.74) is 0.720. The molecule has 1 amide bonds. The molecule has 1 aliphatic carbocycles. The van der Waals surface area contributed by atoms with E-state index >= 15 is 0 Å². The average molecular weight is 459 g/mol. The van der Waals surface area contributed by atoms with Crippen LogP contribution in [-0.2, 0) is 4.79 Å². The number of hydrogen-bond acceptors (Lipinski definition) is 4. The van der Waals surface area contributed by atoms with Crippen LogP contribution in [0.2, 0.25) is 5.02 Å². The lowest BCUT2D eigenvalue weighted by molar-refractivity contribution is -0.123. The van der Waals surface area contributed by atoms with Gasteiger partial charge >= 0.3 is 5.97 Å². The molecule has 168 valence electrons. The highest BCUT2D eigenvalue weighted by molar-refractivity contribution is 6.30. The SMILES string of the molecule is O=C(O)c1cc(N2CCC=C(F)C2)ccc1NC(=O)[C@H](CC1CC1)Oc1ccc(Cl)cc1. The number of anilines is 2. The number of benzene rings is 2. The first kappa shape index (κ1) is 22.1. The van der Waals surface area contributed by atoms with Gasteiger partial charge in [-0.3, -0.25) is 4.79 Å². The van der Waals surface area contributed by atoms with Gasteiger partial charge in [-0.1, -0.05) is 24.4 Å². The molecule has 32 heavy (non-hydrogen) atoms. The Balaban J connectivity index is 1.52. The average Bonchev–Trinajstić information content (AvgIpc) is 3.59. The largest absolute Gasteiger partial charge is 0.481 e. The van der Waals surface area contributed by atoms with Crippen LogP contribution in [0.25, 0.3) is 0 Å². The van der Waals surface area contributed by atoms with Gasteiger partial charge in [0.05, 0.1) is 17.8 Å². The number of nitrogens with zero attached hydrogens (tertiary/aromatic N) is 1. The van der Waals surface area contributed by atoms with Gasteiger partial charge in [-0.25, -0.2) is 9.18 Å². The number of ether oxygens (including phenoxy) is 1. The van der Waals surface area contributed by atoms with Crippen molar-refractivity contribution in [3.05, 3.63) is 65.0 Å².